The highest BCUT2D eigenvalue weighted by Crippen LogP contribution is 2.37. The monoisotopic (exact) mass is 446 g/mol. The Morgan fingerprint density at radius 3 is 2.43 bits per heavy atom. The van der Waals surface area contributed by atoms with E-state index in [4.69, 9.17) is 0 Å². The molecule has 0 fully saturated rings. The number of carbonyl (C=O) groups excluding carboxylic acids is 2. The summed E-state index contributed by atoms with van der Waals surface area (Å²) in [5.41, 5.74) is 2.29. The first-order valence-corrected chi connectivity index (χ1v) is 12.3. The van der Waals surface area contributed by atoms with Crippen molar-refractivity contribution < 1.29 is 18.0 Å². The molecule has 1 aliphatic heterocycles. The van der Waals surface area contributed by atoms with Crippen molar-refractivity contribution in [1.82, 2.24) is 0 Å². The van der Waals surface area contributed by atoms with Gasteiger partial charge < -0.3 is 10.6 Å². The first-order valence-electron chi connectivity index (χ1n) is 9.82. The van der Waals surface area contributed by atoms with Crippen LogP contribution in [0.4, 0.5) is 11.4 Å². The lowest BCUT2D eigenvalue weighted by molar-refractivity contribution is -0.119. The summed E-state index contributed by atoms with van der Waals surface area (Å²) in [7, 11) is -3.70. The van der Waals surface area contributed by atoms with Crippen molar-refractivity contribution in [2.24, 2.45) is 5.92 Å². The van der Waals surface area contributed by atoms with E-state index >= 15 is 0 Å². The van der Waals surface area contributed by atoms with Crippen LogP contribution < -0.4 is 10.6 Å². The molecule has 0 aromatic heterocycles. The first kappa shape index (κ1) is 22.4. The molecule has 160 valence electrons. The maximum absolute atomic E-state index is 12.9. The Labute approximate surface area is 181 Å². The molecule has 30 heavy (non-hydrogen) atoms. The quantitative estimate of drug-likeness (QED) is 0.691. The normalized spacial score (nSPS) is 17.2. The molecule has 8 heteroatoms. The Bertz CT molecular complexity index is 1060. The van der Waals surface area contributed by atoms with Crippen molar-refractivity contribution in [1.29, 1.82) is 0 Å². The van der Waals surface area contributed by atoms with Crippen molar-refractivity contribution in [3.63, 3.8) is 0 Å². The summed E-state index contributed by atoms with van der Waals surface area (Å²) in [5.74, 6) is -1.18. The molecule has 0 saturated carbocycles. The summed E-state index contributed by atoms with van der Waals surface area (Å²) in [4.78, 5) is 25.3. The molecule has 0 bridgehead atoms. The fourth-order valence-electron chi connectivity index (χ4n) is 3.10. The van der Waals surface area contributed by atoms with Crippen LogP contribution in [0.5, 0.6) is 0 Å². The molecule has 2 aromatic rings. The maximum Gasteiger partial charge on any atom is 0.237 e. The molecule has 2 aromatic carbocycles. The highest BCUT2D eigenvalue weighted by molar-refractivity contribution is 8.01. The van der Waals surface area contributed by atoms with Gasteiger partial charge in [0.25, 0.3) is 0 Å². The third-order valence-electron chi connectivity index (χ3n) is 5.00. The molecule has 6 nitrogen and oxygen atoms in total. The van der Waals surface area contributed by atoms with E-state index in [-0.39, 0.29) is 27.7 Å². The van der Waals surface area contributed by atoms with Gasteiger partial charge in [0.1, 0.15) is 0 Å². The second-order valence-electron chi connectivity index (χ2n) is 7.86. The largest absolute Gasteiger partial charge is 0.326 e. The molecule has 2 atom stereocenters. The number of anilines is 2. The van der Waals surface area contributed by atoms with E-state index < -0.39 is 15.8 Å². The van der Waals surface area contributed by atoms with Crippen LogP contribution in [0.25, 0.3) is 0 Å². The predicted octanol–water partition coefficient (Wildman–Crippen LogP) is 4.29. The van der Waals surface area contributed by atoms with Crippen molar-refractivity contribution >= 4 is 44.8 Å². The molecule has 0 spiro atoms. The van der Waals surface area contributed by atoms with Crippen LogP contribution in [-0.2, 0) is 19.4 Å². The molecule has 0 unspecified atom stereocenters. The van der Waals surface area contributed by atoms with Crippen LogP contribution in [0.1, 0.15) is 39.2 Å². The number of rotatable bonds is 6. The van der Waals surface area contributed by atoms with E-state index in [9.17, 15) is 18.0 Å². The van der Waals surface area contributed by atoms with E-state index in [1.165, 1.54) is 23.9 Å². The first-order chi connectivity index (χ1) is 14.1. The van der Waals surface area contributed by atoms with Crippen LogP contribution in [0, 0.1) is 5.92 Å². The van der Waals surface area contributed by atoms with Crippen molar-refractivity contribution in [2.45, 2.75) is 48.7 Å². The SMILES string of the molecule is CC(C)c1ccc(NC(=O)[C@@H](C)CS(=O)(=O)c2ccc3c(c2)NC(=O)[C@@H](C)S3)cc1. The van der Waals surface area contributed by atoms with Gasteiger partial charge in [0.05, 0.1) is 21.6 Å². The van der Waals surface area contributed by atoms with Gasteiger partial charge in [-0.05, 0) is 48.7 Å². The molecule has 0 radical (unpaired) electrons. The van der Waals surface area contributed by atoms with Crippen molar-refractivity contribution in [2.75, 3.05) is 16.4 Å². The molecule has 2 N–H and O–H groups in total. The minimum atomic E-state index is -3.70. The Balaban J connectivity index is 1.69. The molecule has 2 amide bonds. The summed E-state index contributed by atoms with van der Waals surface area (Å²) in [5, 5.41) is 5.29. The van der Waals surface area contributed by atoms with Crippen molar-refractivity contribution in [3.8, 4) is 0 Å². The zero-order chi connectivity index (χ0) is 22.1. The Kier molecular flexibility index (Phi) is 6.57. The summed E-state index contributed by atoms with van der Waals surface area (Å²) in [6.07, 6.45) is 0. The number of amides is 2. The van der Waals surface area contributed by atoms with E-state index in [0.717, 1.165) is 10.5 Å². The minimum absolute atomic E-state index is 0.0950. The lowest BCUT2D eigenvalue weighted by atomic mass is 10.0. The number of hydrogen-bond acceptors (Lipinski definition) is 5. The summed E-state index contributed by atoms with van der Waals surface area (Å²) >= 11 is 1.39. The number of benzene rings is 2. The standard InChI is InChI=1S/C22H26N2O4S2/c1-13(2)16-5-7-17(8-6-16)23-21(25)14(3)12-30(27,28)18-9-10-20-19(11-18)24-22(26)15(4)29-20/h5-11,13-15H,12H2,1-4H3,(H,23,25)(H,24,26)/t14-,15+/m0/s1. The smallest absolute Gasteiger partial charge is 0.237 e. The Morgan fingerprint density at radius 2 is 1.80 bits per heavy atom. The predicted molar refractivity (Wildman–Crippen MR) is 121 cm³/mol. The number of hydrogen-bond donors (Lipinski definition) is 2. The Hall–Kier alpha value is -2.32. The Morgan fingerprint density at radius 1 is 1.13 bits per heavy atom. The van der Waals surface area contributed by atoms with Crippen LogP contribution in [0.2, 0.25) is 0 Å². The molecular weight excluding hydrogens is 420 g/mol. The zero-order valence-corrected chi connectivity index (χ0v) is 19.1. The van der Waals surface area contributed by atoms with Crippen LogP contribution in [0.3, 0.4) is 0 Å². The van der Waals surface area contributed by atoms with E-state index in [2.05, 4.69) is 24.5 Å². The molecule has 3 rings (SSSR count). The highest BCUT2D eigenvalue weighted by Gasteiger charge is 2.27. The molecule has 1 heterocycles. The number of carbonyl (C=O) groups is 2. The van der Waals surface area contributed by atoms with E-state index in [1.54, 1.807) is 19.9 Å². The van der Waals surface area contributed by atoms with E-state index in [0.29, 0.717) is 17.3 Å². The number of sulfone groups is 1. The fraction of sp³-hybridized carbons (Fsp3) is 0.364. The van der Waals surface area contributed by atoms with Crippen LogP contribution in [-0.4, -0.2) is 31.2 Å². The number of fused-ring (bicyclic) bond motifs is 1. The van der Waals surface area contributed by atoms with Gasteiger partial charge in [-0.15, -0.1) is 11.8 Å². The number of nitrogens with one attached hydrogen (secondary N) is 2. The fourth-order valence-corrected chi connectivity index (χ4v) is 5.60. The molecule has 0 aliphatic carbocycles. The van der Waals surface area contributed by atoms with Gasteiger partial charge in [0.2, 0.25) is 11.8 Å². The van der Waals surface area contributed by atoms with Crippen molar-refractivity contribution in [3.05, 3.63) is 48.0 Å². The van der Waals surface area contributed by atoms with Crippen LogP contribution >= 0.6 is 11.8 Å². The van der Waals surface area contributed by atoms with Gasteiger partial charge in [0, 0.05) is 16.5 Å². The maximum atomic E-state index is 12.9. The molecule has 1 aliphatic rings. The third kappa shape index (κ3) is 5.05. The number of thioether (sulfide) groups is 1. The van der Waals surface area contributed by atoms with Gasteiger partial charge >= 0.3 is 0 Å². The average Bonchev–Trinajstić information content (AvgIpc) is 2.68. The molecular formula is C22H26N2O4S2. The molecule has 0 saturated heterocycles. The van der Waals surface area contributed by atoms with Gasteiger partial charge in [-0.3, -0.25) is 9.59 Å². The second-order valence-corrected chi connectivity index (χ2v) is 11.3. The van der Waals surface area contributed by atoms with Gasteiger partial charge in [-0.1, -0.05) is 32.9 Å². The van der Waals surface area contributed by atoms with Crippen LogP contribution in [0.15, 0.2) is 52.3 Å². The lowest BCUT2D eigenvalue weighted by Gasteiger charge is -2.22. The lowest BCUT2D eigenvalue weighted by Crippen LogP contribution is -2.28. The second kappa shape index (κ2) is 8.81. The highest BCUT2D eigenvalue weighted by atomic mass is 32.2. The third-order valence-corrected chi connectivity index (χ3v) is 8.09. The topological polar surface area (TPSA) is 92.3 Å². The summed E-state index contributed by atoms with van der Waals surface area (Å²) < 4.78 is 25.7. The van der Waals surface area contributed by atoms with Gasteiger partial charge in [-0.2, -0.15) is 0 Å². The summed E-state index contributed by atoms with van der Waals surface area (Å²) in [6, 6.07) is 12.2. The summed E-state index contributed by atoms with van der Waals surface area (Å²) in [6.45, 7) is 7.56. The van der Waals surface area contributed by atoms with Gasteiger partial charge in [-0.25, -0.2) is 8.42 Å². The zero-order valence-electron chi connectivity index (χ0n) is 17.4. The van der Waals surface area contributed by atoms with E-state index in [1.807, 2.05) is 24.3 Å². The minimum Gasteiger partial charge on any atom is -0.326 e. The average molecular weight is 447 g/mol. The van der Waals surface area contributed by atoms with Gasteiger partial charge in [0.15, 0.2) is 9.84 Å².